The fourth-order valence-corrected chi connectivity index (χ4v) is 4.28. The summed E-state index contributed by atoms with van der Waals surface area (Å²) >= 11 is 2.84. The van der Waals surface area contributed by atoms with Crippen LogP contribution in [0, 0.1) is 13.8 Å². The largest absolute Gasteiger partial charge is 0.452 e. The van der Waals surface area contributed by atoms with Crippen molar-refractivity contribution in [2.45, 2.75) is 45.5 Å². The van der Waals surface area contributed by atoms with Crippen LogP contribution in [0.25, 0.3) is 10.7 Å². The van der Waals surface area contributed by atoms with Crippen molar-refractivity contribution >= 4 is 40.7 Å². The van der Waals surface area contributed by atoms with E-state index in [9.17, 15) is 9.59 Å². The molecule has 1 atom stereocenters. The summed E-state index contributed by atoms with van der Waals surface area (Å²) in [6.07, 6.45) is -0.899. The minimum absolute atomic E-state index is 0.0453. The van der Waals surface area contributed by atoms with Gasteiger partial charge in [-0.15, -0.1) is 21.5 Å². The Morgan fingerprint density at radius 2 is 2.07 bits per heavy atom. The van der Waals surface area contributed by atoms with Gasteiger partial charge in [0.2, 0.25) is 0 Å². The lowest BCUT2D eigenvalue weighted by Crippen LogP contribution is -2.30. The number of anilines is 1. The van der Waals surface area contributed by atoms with Crippen LogP contribution < -0.4 is 5.32 Å². The zero-order valence-electron chi connectivity index (χ0n) is 17.3. The molecular formula is C21H24N4O3S2. The van der Waals surface area contributed by atoms with Crippen LogP contribution >= 0.6 is 23.1 Å². The number of hydrogen-bond acceptors (Lipinski definition) is 7. The summed E-state index contributed by atoms with van der Waals surface area (Å²) in [5.74, 6) is -0.0146. The molecule has 9 heteroatoms. The fraction of sp³-hybridized carbons (Fsp3) is 0.333. The number of thioether (sulfide) groups is 1. The summed E-state index contributed by atoms with van der Waals surface area (Å²) in [6.45, 7) is 8.12. The van der Waals surface area contributed by atoms with Gasteiger partial charge < -0.3 is 14.6 Å². The number of thiophene rings is 1. The number of carbonyl (C=O) groups is 2. The fourth-order valence-electron chi connectivity index (χ4n) is 2.78. The predicted octanol–water partition coefficient (Wildman–Crippen LogP) is 4.31. The van der Waals surface area contributed by atoms with Gasteiger partial charge in [-0.05, 0) is 56.3 Å². The highest BCUT2D eigenvalue weighted by atomic mass is 32.2. The molecule has 0 fully saturated rings. The first-order chi connectivity index (χ1) is 14.4. The Bertz CT molecular complexity index is 1030. The summed E-state index contributed by atoms with van der Waals surface area (Å²) in [7, 11) is 0. The van der Waals surface area contributed by atoms with Gasteiger partial charge in [-0.3, -0.25) is 9.59 Å². The molecule has 1 amide bonds. The predicted molar refractivity (Wildman–Crippen MR) is 120 cm³/mol. The number of nitrogens with zero attached hydrogens (tertiary/aromatic N) is 3. The Balaban J connectivity index is 1.55. The number of amides is 1. The first-order valence-electron chi connectivity index (χ1n) is 9.56. The summed E-state index contributed by atoms with van der Waals surface area (Å²) in [6, 6.07) is 9.75. The van der Waals surface area contributed by atoms with E-state index < -0.39 is 12.1 Å². The lowest BCUT2D eigenvalue weighted by atomic mass is 10.1. The Hall–Kier alpha value is -2.65. The molecule has 30 heavy (non-hydrogen) atoms. The maximum atomic E-state index is 12.4. The van der Waals surface area contributed by atoms with Crippen molar-refractivity contribution in [3.05, 3.63) is 46.8 Å². The summed E-state index contributed by atoms with van der Waals surface area (Å²) < 4.78 is 7.26. The van der Waals surface area contributed by atoms with Gasteiger partial charge in [-0.1, -0.05) is 30.0 Å². The number of nitrogens with one attached hydrogen (secondary N) is 1. The summed E-state index contributed by atoms with van der Waals surface area (Å²) in [5.41, 5.74) is 2.71. The van der Waals surface area contributed by atoms with E-state index in [1.54, 1.807) is 18.3 Å². The highest BCUT2D eigenvalue weighted by molar-refractivity contribution is 7.99. The highest BCUT2D eigenvalue weighted by Gasteiger charge is 2.20. The Morgan fingerprint density at radius 3 is 2.77 bits per heavy atom. The Labute approximate surface area is 183 Å². The van der Waals surface area contributed by atoms with Gasteiger partial charge in [0.15, 0.2) is 17.1 Å². The second-order valence-corrected chi connectivity index (χ2v) is 8.65. The van der Waals surface area contributed by atoms with Crippen molar-refractivity contribution in [1.82, 2.24) is 14.8 Å². The molecule has 0 aliphatic carbocycles. The van der Waals surface area contributed by atoms with Crippen molar-refractivity contribution in [2.24, 2.45) is 0 Å². The minimum Gasteiger partial charge on any atom is -0.452 e. The van der Waals surface area contributed by atoms with Crippen molar-refractivity contribution < 1.29 is 14.3 Å². The van der Waals surface area contributed by atoms with E-state index in [0.717, 1.165) is 27.5 Å². The van der Waals surface area contributed by atoms with Crippen LogP contribution in [0.2, 0.25) is 0 Å². The number of hydrogen-bond donors (Lipinski definition) is 1. The molecule has 0 aliphatic rings. The van der Waals surface area contributed by atoms with Gasteiger partial charge in [-0.25, -0.2) is 0 Å². The maximum absolute atomic E-state index is 12.4. The van der Waals surface area contributed by atoms with E-state index >= 15 is 0 Å². The zero-order valence-corrected chi connectivity index (χ0v) is 19.0. The van der Waals surface area contributed by atoms with Crippen LogP contribution in [-0.4, -0.2) is 38.5 Å². The molecule has 0 spiro atoms. The number of benzene rings is 1. The number of rotatable bonds is 8. The third-order valence-electron chi connectivity index (χ3n) is 4.42. The van der Waals surface area contributed by atoms with E-state index in [1.807, 2.05) is 61.1 Å². The molecule has 0 radical (unpaired) electrons. The monoisotopic (exact) mass is 444 g/mol. The molecule has 0 saturated heterocycles. The number of carbonyl (C=O) groups excluding carboxylic acids is 2. The van der Waals surface area contributed by atoms with Crippen LogP contribution in [0.1, 0.15) is 25.0 Å². The van der Waals surface area contributed by atoms with Crippen molar-refractivity contribution in [2.75, 3.05) is 11.1 Å². The quantitative estimate of drug-likeness (QED) is 0.412. The molecular weight excluding hydrogens is 420 g/mol. The molecule has 2 heterocycles. The van der Waals surface area contributed by atoms with E-state index in [-0.39, 0.29) is 11.7 Å². The first kappa shape index (κ1) is 22.0. The normalized spacial score (nSPS) is 11.9. The molecule has 3 rings (SSSR count). The lowest BCUT2D eigenvalue weighted by Gasteiger charge is -2.15. The van der Waals surface area contributed by atoms with Crippen molar-refractivity contribution in [1.29, 1.82) is 0 Å². The van der Waals surface area contributed by atoms with Crippen LogP contribution in [0.4, 0.5) is 5.69 Å². The minimum atomic E-state index is -0.899. The van der Waals surface area contributed by atoms with Gasteiger partial charge >= 0.3 is 5.97 Å². The lowest BCUT2D eigenvalue weighted by molar-refractivity contribution is -0.150. The van der Waals surface area contributed by atoms with E-state index in [4.69, 9.17) is 4.74 Å². The molecule has 0 bridgehead atoms. The average molecular weight is 445 g/mol. The smallest absolute Gasteiger partial charge is 0.317 e. The van der Waals surface area contributed by atoms with E-state index in [2.05, 4.69) is 15.5 Å². The van der Waals surface area contributed by atoms with Gasteiger partial charge in [0.25, 0.3) is 5.91 Å². The second kappa shape index (κ2) is 9.90. The van der Waals surface area contributed by atoms with Gasteiger partial charge in [0.05, 0.1) is 10.6 Å². The van der Waals surface area contributed by atoms with Gasteiger partial charge in [0.1, 0.15) is 0 Å². The van der Waals surface area contributed by atoms with E-state index in [0.29, 0.717) is 11.7 Å². The molecule has 1 aromatic carbocycles. The van der Waals surface area contributed by atoms with Crippen LogP contribution in [0.15, 0.2) is 40.9 Å². The number of esters is 1. The van der Waals surface area contributed by atoms with Crippen LogP contribution in [-0.2, 0) is 20.9 Å². The number of ether oxygens (including phenoxy) is 1. The zero-order chi connectivity index (χ0) is 21.7. The number of aryl methyl sites for hydroxylation is 2. The molecule has 2 aromatic heterocycles. The van der Waals surface area contributed by atoms with Crippen molar-refractivity contribution in [3.8, 4) is 10.7 Å². The molecule has 1 unspecified atom stereocenters. The molecule has 158 valence electrons. The number of aromatic nitrogens is 3. The molecule has 3 aromatic rings. The molecule has 0 saturated carbocycles. The van der Waals surface area contributed by atoms with Gasteiger partial charge in [0, 0.05) is 12.2 Å². The average Bonchev–Trinajstić information content (AvgIpc) is 3.38. The summed E-state index contributed by atoms with van der Waals surface area (Å²) in [4.78, 5) is 25.7. The Kier molecular flexibility index (Phi) is 7.28. The summed E-state index contributed by atoms with van der Waals surface area (Å²) in [5, 5.41) is 13.9. The molecule has 1 N–H and O–H groups in total. The van der Waals surface area contributed by atoms with Crippen LogP contribution in [0.5, 0.6) is 0 Å². The standard InChI is InChI=1S/C21H24N4O3S2/c1-5-25-19(17-7-6-10-29-17)23-24-21(25)30-12-18(26)28-15(4)20(27)22-16-11-13(2)8-9-14(16)3/h6-11,15H,5,12H2,1-4H3,(H,22,27). The topological polar surface area (TPSA) is 86.1 Å². The van der Waals surface area contributed by atoms with Gasteiger partial charge in [-0.2, -0.15) is 0 Å². The second-order valence-electron chi connectivity index (χ2n) is 6.76. The first-order valence-corrected chi connectivity index (χ1v) is 11.4. The van der Waals surface area contributed by atoms with E-state index in [1.165, 1.54) is 11.8 Å². The molecule has 7 nitrogen and oxygen atoms in total. The third-order valence-corrected chi connectivity index (χ3v) is 6.23. The van der Waals surface area contributed by atoms with Crippen molar-refractivity contribution in [3.63, 3.8) is 0 Å². The molecule has 0 aliphatic heterocycles. The third kappa shape index (κ3) is 5.28. The SMILES string of the molecule is CCn1c(SCC(=O)OC(C)C(=O)Nc2cc(C)ccc2C)nnc1-c1cccs1. The Morgan fingerprint density at radius 1 is 1.27 bits per heavy atom. The maximum Gasteiger partial charge on any atom is 0.317 e. The highest BCUT2D eigenvalue weighted by Crippen LogP contribution is 2.27. The van der Waals surface area contributed by atoms with Crippen LogP contribution in [0.3, 0.4) is 0 Å².